The van der Waals surface area contributed by atoms with E-state index < -0.39 is 0 Å². The minimum Gasteiger partial charge on any atom is -0.384 e. The number of hydrogen-bond donors (Lipinski definition) is 1. The van der Waals surface area contributed by atoms with Gasteiger partial charge in [0.1, 0.15) is 0 Å². The Morgan fingerprint density at radius 2 is 2.14 bits per heavy atom. The number of hydrogen-bond acceptors (Lipinski definition) is 5. The molecule has 1 fully saturated rings. The lowest BCUT2D eigenvalue weighted by Gasteiger charge is -2.31. The summed E-state index contributed by atoms with van der Waals surface area (Å²) in [6.07, 6.45) is 5.45. The lowest BCUT2D eigenvalue weighted by atomic mass is 9.98. The molecule has 1 N–H and O–H groups in total. The number of rotatable bonds is 7. The van der Waals surface area contributed by atoms with Crippen LogP contribution >= 0.6 is 0 Å². The molecule has 0 radical (unpaired) electrons. The lowest BCUT2D eigenvalue weighted by molar-refractivity contribution is 0.139. The number of anilines is 1. The Morgan fingerprint density at radius 3 is 2.76 bits per heavy atom. The van der Waals surface area contributed by atoms with Crippen LogP contribution in [0.25, 0.3) is 0 Å². The van der Waals surface area contributed by atoms with E-state index in [4.69, 9.17) is 9.72 Å². The molecule has 118 valence electrons. The molecule has 0 aliphatic carbocycles. The van der Waals surface area contributed by atoms with Crippen LogP contribution in [-0.2, 0) is 11.3 Å². The van der Waals surface area contributed by atoms with E-state index in [1.807, 2.05) is 6.20 Å². The Kier molecular flexibility index (Phi) is 6.39. The van der Waals surface area contributed by atoms with E-state index in [9.17, 15) is 0 Å². The molecule has 0 spiro atoms. The first kappa shape index (κ1) is 16.2. The Balaban J connectivity index is 1.91. The van der Waals surface area contributed by atoms with Gasteiger partial charge in [-0.1, -0.05) is 6.92 Å². The van der Waals surface area contributed by atoms with Crippen molar-refractivity contribution < 1.29 is 4.74 Å². The van der Waals surface area contributed by atoms with Crippen molar-refractivity contribution in [3.05, 3.63) is 17.5 Å². The molecule has 1 saturated heterocycles. The van der Waals surface area contributed by atoms with Crippen LogP contribution in [0.15, 0.2) is 6.20 Å². The summed E-state index contributed by atoms with van der Waals surface area (Å²) in [6, 6.07) is 0. The van der Waals surface area contributed by atoms with Crippen molar-refractivity contribution in [3.8, 4) is 0 Å². The molecular formula is C16H28N4O. The third-order valence-electron chi connectivity index (χ3n) is 4.11. The quantitative estimate of drug-likeness (QED) is 0.780. The molecule has 0 bridgehead atoms. The van der Waals surface area contributed by atoms with E-state index in [0.29, 0.717) is 5.92 Å². The fourth-order valence-electron chi connectivity index (χ4n) is 2.74. The summed E-state index contributed by atoms with van der Waals surface area (Å²) in [7, 11) is 1.78. The molecule has 0 aromatic carbocycles. The maximum atomic E-state index is 5.25. The summed E-state index contributed by atoms with van der Waals surface area (Å²) in [5.41, 5.74) is 2.28. The molecule has 0 saturated carbocycles. The predicted octanol–water partition coefficient (Wildman–Crippen LogP) is 2.15. The molecule has 1 aromatic rings. The van der Waals surface area contributed by atoms with Gasteiger partial charge in [-0.25, -0.2) is 9.97 Å². The average Bonchev–Trinajstić information content (AvgIpc) is 2.50. The van der Waals surface area contributed by atoms with Gasteiger partial charge in [0.25, 0.3) is 0 Å². The van der Waals surface area contributed by atoms with Gasteiger partial charge < -0.3 is 15.0 Å². The molecule has 0 atom stereocenters. The molecule has 1 aromatic heterocycles. The second kappa shape index (κ2) is 8.29. The van der Waals surface area contributed by atoms with E-state index in [0.717, 1.165) is 63.7 Å². The zero-order chi connectivity index (χ0) is 15.1. The number of aromatic nitrogens is 2. The van der Waals surface area contributed by atoms with Crippen molar-refractivity contribution in [2.45, 2.75) is 39.7 Å². The molecule has 1 aliphatic heterocycles. The molecule has 0 unspecified atom stereocenters. The van der Waals surface area contributed by atoms with Gasteiger partial charge in [-0.2, -0.15) is 0 Å². The molecule has 2 rings (SSSR count). The second-order valence-electron chi connectivity index (χ2n) is 5.84. The zero-order valence-electron chi connectivity index (χ0n) is 13.6. The van der Waals surface area contributed by atoms with E-state index in [-0.39, 0.29) is 0 Å². The van der Waals surface area contributed by atoms with Gasteiger partial charge in [-0.15, -0.1) is 0 Å². The van der Waals surface area contributed by atoms with Crippen molar-refractivity contribution in [2.24, 2.45) is 5.92 Å². The molecular weight excluding hydrogens is 264 g/mol. The minimum atomic E-state index is 0.685. The SMILES string of the molecule is CCCNCc1cnc(N2CCC(COC)CC2)nc1C. The number of nitrogens with zero attached hydrogens (tertiary/aromatic N) is 3. The van der Waals surface area contributed by atoms with Crippen LogP contribution < -0.4 is 10.2 Å². The fraction of sp³-hybridized carbons (Fsp3) is 0.750. The molecule has 5 heteroatoms. The summed E-state index contributed by atoms with van der Waals surface area (Å²) in [6.45, 7) is 9.07. The van der Waals surface area contributed by atoms with Gasteiger partial charge in [0, 0.05) is 50.8 Å². The van der Waals surface area contributed by atoms with Gasteiger partial charge >= 0.3 is 0 Å². The number of piperidine rings is 1. The van der Waals surface area contributed by atoms with Gasteiger partial charge in [-0.05, 0) is 38.6 Å². The highest BCUT2D eigenvalue weighted by Crippen LogP contribution is 2.21. The van der Waals surface area contributed by atoms with E-state index in [2.05, 4.69) is 29.0 Å². The Morgan fingerprint density at radius 1 is 1.38 bits per heavy atom. The molecule has 2 heterocycles. The molecule has 21 heavy (non-hydrogen) atoms. The fourth-order valence-corrected chi connectivity index (χ4v) is 2.74. The number of aryl methyl sites for hydroxylation is 1. The highest BCUT2D eigenvalue weighted by atomic mass is 16.5. The monoisotopic (exact) mass is 292 g/mol. The Bertz CT molecular complexity index is 430. The van der Waals surface area contributed by atoms with Crippen LogP contribution in [0.3, 0.4) is 0 Å². The third kappa shape index (κ3) is 4.64. The first-order chi connectivity index (χ1) is 10.2. The van der Waals surface area contributed by atoms with Crippen LogP contribution in [0.5, 0.6) is 0 Å². The summed E-state index contributed by atoms with van der Waals surface area (Å²) >= 11 is 0. The van der Waals surface area contributed by atoms with Gasteiger partial charge in [0.05, 0.1) is 0 Å². The average molecular weight is 292 g/mol. The summed E-state index contributed by atoms with van der Waals surface area (Å²) in [4.78, 5) is 11.5. The Hall–Kier alpha value is -1.20. The minimum absolute atomic E-state index is 0.685. The standard InChI is InChI=1S/C16H28N4O/c1-4-7-17-10-15-11-18-16(19-13(15)2)20-8-5-14(6-9-20)12-21-3/h11,14,17H,4-10,12H2,1-3H3. The maximum Gasteiger partial charge on any atom is 0.225 e. The highest BCUT2D eigenvalue weighted by molar-refractivity contribution is 5.33. The largest absolute Gasteiger partial charge is 0.384 e. The zero-order valence-corrected chi connectivity index (χ0v) is 13.6. The topological polar surface area (TPSA) is 50.3 Å². The van der Waals surface area contributed by atoms with Crippen LogP contribution in [0.2, 0.25) is 0 Å². The van der Waals surface area contributed by atoms with Crippen molar-refractivity contribution in [1.82, 2.24) is 15.3 Å². The smallest absolute Gasteiger partial charge is 0.225 e. The number of ether oxygens (including phenoxy) is 1. The highest BCUT2D eigenvalue weighted by Gasteiger charge is 2.21. The summed E-state index contributed by atoms with van der Waals surface area (Å²) < 4.78 is 5.25. The van der Waals surface area contributed by atoms with Gasteiger partial charge in [0.15, 0.2) is 0 Å². The van der Waals surface area contributed by atoms with Crippen LogP contribution in [-0.4, -0.2) is 43.3 Å². The molecule has 1 aliphatic rings. The normalized spacial score (nSPS) is 16.4. The van der Waals surface area contributed by atoms with Crippen LogP contribution in [0, 0.1) is 12.8 Å². The predicted molar refractivity (Wildman–Crippen MR) is 85.6 cm³/mol. The van der Waals surface area contributed by atoms with Crippen molar-refractivity contribution in [2.75, 3.05) is 38.3 Å². The summed E-state index contributed by atoms with van der Waals surface area (Å²) in [5.74, 6) is 1.56. The maximum absolute atomic E-state index is 5.25. The number of methoxy groups -OCH3 is 1. The van der Waals surface area contributed by atoms with E-state index in [1.165, 1.54) is 5.56 Å². The molecule has 5 nitrogen and oxygen atoms in total. The van der Waals surface area contributed by atoms with E-state index >= 15 is 0 Å². The van der Waals surface area contributed by atoms with Crippen molar-refractivity contribution in [3.63, 3.8) is 0 Å². The first-order valence-electron chi connectivity index (χ1n) is 8.01. The lowest BCUT2D eigenvalue weighted by Crippen LogP contribution is -2.36. The van der Waals surface area contributed by atoms with E-state index in [1.54, 1.807) is 7.11 Å². The van der Waals surface area contributed by atoms with Crippen LogP contribution in [0.4, 0.5) is 5.95 Å². The molecule has 0 amide bonds. The van der Waals surface area contributed by atoms with Crippen molar-refractivity contribution >= 4 is 5.95 Å². The first-order valence-corrected chi connectivity index (χ1v) is 8.01. The van der Waals surface area contributed by atoms with Gasteiger partial charge in [0.2, 0.25) is 5.95 Å². The number of nitrogens with one attached hydrogen (secondary N) is 1. The van der Waals surface area contributed by atoms with Crippen LogP contribution in [0.1, 0.15) is 37.4 Å². The second-order valence-corrected chi connectivity index (χ2v) is 5.84. The van der Waals surface area contributed by atoms with Crippen molar-refractivity contribution in [1.29, 1.82) is 0 Å². The third-order valence-corrected chi connectivity index (χ3v) is 4.11. The Labute approximate surface area is 128 Å². The summed E-state index contributed by atoms with van der Waals surface area (Å²) in [5, 5.41) is 3.40. The van der Waals surface area contributed by atoms with Gasteiger partial charge in [-0.3, -0.25) is 0 Å².